The van der Waals surface area contributed by atoms with E-state index in [0.717, 1.165) is 42.9 Å². The van der Waals surface area contributed by atoms with Gasteiger partial charge in [-0.3, -0.25) is 9.69 Å². The molecular weight excluding hydrogens is 370 g/mol. The van der Waals surface area contributed by atoms with Gasteiger partial charge >= 0.3 is 0 Å². The summed E-state index contributed by atoms with van der Waals surface area (Å²) in [6, 6.07) is 13.2. The van der Waals surface area contributed by atoms with E-state index in [0.29, 0.717) is 29.6 Å². The number of hydrogen-bond acceptors (Lipinski definition) is 6. The molecule has 0 aliphatic carbocycles. The molecule has 2 aromatic carbocycles. The minimum absolute atomic E-state index is 0.0440. The highest BCUT2D eigenvalue weighted by molar-refractivity contribution is 5.92. The number of nitrogens with zero attached hydrogens (tertiary/aromatic N) is 2. The lowest BCUT2D eigenvalue weighted by atomic mass is 9.97. The molecule has 1 amide bonds. The third-order valence-electron chi connectivity index (χ3n) is 5.28. The van der Waals surface area contributed by atoms with Crippen LogP contribution in [0.3, 0.4) is 0 Å². The Labute approximate surface area is 169 Å². The molecule has 0 unspecified atom stereocenters. The average Bonchev–Trinajstić information content (AvgIpc) is 3.18. The lowest BCUT2D eigenvalue weighted by Crippen LogP contribution is -2.38. The van der Waals surface area contributed by atoms with Crippen molar-refractivity contribution >= 4 is 22.7 Å². The molecule has 1 aliphatic rings. The van der Waals surface area contributed by atoms with Crippen molar-refractivity contribution in [2.24, 2.45) is 0 Å². The van der Waals surface area contributed by atoms with E-state index in [4.69, 9.17) is 13.9 Å². The number of anilines is 1. The Balaban J connectivity index is 1.30. The number of piperidine rings is 1. The van der Waals surface area contributed by atoms with Crippen LogP contribution >= 0.6 is 0 Å². The van der Waals surface area contributed by atoms with Crippen LogP contribution in [0.2, 0.25) is 0 Å². The van der Waals surface area contributed by atoms with Gasteiger partial charge in [0.15, 0.2) is 23.0 Å². The van der Waals surface area contributed by atoms with E-state index in [-0.39, 0.29) is 5.91 Å². The number of amides is 1. The molecule has 1 N–H and O–H groups in total. The monoisotopic (exact) mass is 395 g/mol. The van der Waals surface area contributed by atoms with Crippen LogP contribution < -0.4 is 14.8 Å². The number of ether oxygens (including phenoxy) is 2. The molecule has 152 valence electrons. The van der Waals surface area contributed by atoms with Crippen LogP contribution in [0.15, 0.2) is 46.9 Å². The number of rotatable bonds is 6. The fraction of sp³-hybridized carbons (Fsp3) is 0.364. The summed E-state index contributed by atoms with van der Waals surface area (Å²) in [5.74, 6) is 2.28. The molecule has 1 fully saturated rings. The zero-order chi connectivity index (χ0) is 20.2. The summed E-state index contributed by atoms with van der Waals surface area (Å²) in [6.45, 7) is 2.03. The molecule has 7 heteroatoms. The number of nitrogens with one attached hydrogen (secondary N) is 1. The van der Waals surface area contributed by atoms with Crippen molar-refractivity contribution in [3.63, 3.8) is 0 Å². The average molecular weight is 395 g/mol. The number of oxazole rings is 1. The number of aromatic nitrogens is 1. The number of para-hydroxylation sites is 2. The van der Waals surface area contributed by atoms with Gasteiger partial charge in [0.1, 0.15) is 5.52 Å². The Hall–Kier alpha value is -3.06. The molecule has 2 heterocycles. The number of fused-ring (bicyclic) bond motifs is 1. The van der Waals surface area contributed by atoms with E-state index >= 15 is 0 Å². The highest BCUT2D eigenvalue weighted by Crippen LogP contribution is 2.31. The summed E-state index contributed by atoms with van der Waals surface area (Å²) >= 11 is 0. The maximum absolute atomic E-state index is 12.4. The normalized spacial score (nSPS) is 15.4. The van der Waals surface area contributed by atoms with E-state index in [9.17, 15) is 4.79 Å². The van der Waals surface area contributed by atoms with Gasteiger partial charge in [-0.1, -0.05) is 12.1 Å². The topological polar surface area (TPSA) is 76.8 Å². The molecule has 0 saturated carbocycles. The molecule has 29 heavy (non-hydrogen) atoms. The van der Waals surface area contributed by atoms with Crippen LogP contribution in [-0.4, -0.2) is 49.6 Å². The maximum Gasteiger partial charge on any atom is 0.238 e. The van der Waals surface area contributed by atoms with E-state index in [1.807, 2.05) is 24.3 Å². The Bertz CT molecular complexity index is 960. The third-order valence-corrected chi connectivity index (χ3v) is 5.28. The molecule has 7 nitrogen and oxygen atoms in total. The van der Waals surface area contributed by atoms with Crippen LogP contribution in [0.5, 0.6) is 11.5 Å². The molecule has 3 aromatic rings. The van der Waals surface area contributed by atoms with Gasteiger partial charge in [-0.25, -0.2) is 4.98 Å². The molecule has 0 bridgehead atoms. The smallest absolute Gasteiger partial charge is 0.238 e. The van der Waals surface area contributed by atoms with Gasteiger partial charge in [0.2, 0.25) is 5.91 Å². The first-order chi connectivity index (χ1) is 14.2. The van der Waals surface area contributed by atoms with Crippen LogP contribution in [-0.2, 0) is 4.79 Å². The minimum atomic E-state index is -0.0440. The molecule has 1 saturated heterocycles. The summed E-state index contributed by atoms with van der Waals surface area (Å²) in [6.07, 6.45) is 1.85. The standard InChI is InChI=1S/C22H25N3O4/c1-27-19-8-7-16(13-20(19)28-2)23-21(26)14-25-11-9-15(10-12-25)22-24-17-5-3-4-6-18(17)29-22/h3-8,13,15H,9-12,14H2,1-2H3,(H,23,26). The second-order valence-corrected chi connectivity index (χ2v) is 7.19. The Morgan fingerprint density at radius 1 is 1.14 bits per heavy atom. The van der Waals surface area contributed by atoms with E-state index < -0.39 is 0 Å². The van der Waals surface area contributed by atoms with Crippen molar-refractivity contribution in [3.05, 3.63) is 48.4 Å². The second kappa shape index (κ2) is 8.53. The Kier molecular flexibility index (Phi) is 5.67. The summed E-state index contributed by atoms with van der Waals surface area (Å²) in [5, 5.41) is 2.93. The lowest BCUT2D eigenvalue weighted by Gasteiger charge is -2.29. The molecule has 1 aromatic heterocycles. The van der Waals surface area contributed by atoms with Gasteiger partial charge in [-0.15, -0.1) is 0 Å². The van der Waals surface area contributed by atoms with Crippen molar-refractivity contribution in [1.82, 2.24) is 9.88 Å². The number of benzene rings is 2. The summed E-state index contributed by atoms with van der Waals surface area (Å²) in [5.41, 5.74) is 2.42. The second-order valence-electron chi connectivity index (χ2n) is 7.19. The van der Waals surface area contributed by atoms with Gasteiger partial charge < -0.3 is 19.2 Å². The van der Waals surface area contributed by atoms with Gasteiger partial charge in [-0.05, 0) is 50.2 Å². The first-order valence-corrected chi connectivity index (χ1v) is 9.76. The third kappa shape index (κ3) is 4.35. The zero-order valence-electron chi connectivity index (χ0n) is 16.7. The molecule has 4 rings (SSSR count). The largest absolute Gasteiger partial charge is 0.493 e. The Morgan fingerprint density at radius 2 is 1.90 bits per heavy atom. The molecular formula is C22H25N3O4. The first kappa shape index (κ1) is 19.3. The fourth-order valence-corrected chi connectivity index (χ4v) is 3.72. The molecule has 0 atom stereocenters. The summed E-state index contributed by atoms with van der Waals surface area (Å²) in [4.78, 5) is 19.2. The number of methoxy groups -OCH3 is 2. The van der Waals surface area contributed by atoms with Crippen LogP contribution in [0.4, 0.5) is 5.69 Å². The van der Waals surface area contributed by atoms with E-state index in [1.165, 1.54) is 0 Å². The summed E-state index contributed by atoms with van der Waals surface area (Å²) < 4.78 is 16.4. The van der Waals surface area contributed by atoms with Crippen LogP contribution in [0, 0.1) is 0 Å². The van der Waals surface area contributed by atoms with Crippen LogP contribution in [0.1, 0.15) is 24.7 Å². The van der Waals surface area contributed by atoms with Gasteiger partial charge in [0.05, 0.1) is 20.8 Å². The first-order valence-electron chi connectivity index (χ1n) is 9.76. The van der Waals surface area contributed by atoms with Gasteiger partial charge in [0, 0.05) is 17.7 Å². The predicted molar refractivity (Wildman–Crippen MR) is 111 cm³/mol. The lowest BCUT2D eigenvalue weighted by molar-refractivity contribution is -0.117. The molecule has 0 spiro atoms. The van der Waals surface area contributed by atoms with Crippen molar-refractivity contribution in [2.45, 2.75) is 18.8 Å². The highest BCUT2D eigenvalue weighted by Gasteiger charge is 2.25. The van der Waals surface area contributed by atoms with Gasteiger partial charge in [-0.2, -0.15) is 0 Å². The molecule has 0 radical (unpaired) electrons. The highest BCUT2D eigenvalue weighted by atomic mass is 16.5. The minimum Gasteiger partial charge on any atom is -0.493 e. The van der Waals surface area contributed by atoms with Crippen molar-refractivity contribution in [1.29, 1.82) is 0 Å². The van der Waals surface area contributed by atoms with E-state index in [1.54, 1.807) is 32.4 Å². The predicted octanol–water partition coefficient (Wildman–Crippen LogP) is 3.66. The van der Waals surface area contributed by atoms with Crippen molar-refractivity contribution in [3.8, 4) is 11.5 Å². The maximum atomic E-state index is 12.4. The van der Waals surface area contributed by atoms with Crippen LogP contribution in [0.25, 0.3) is 11.1 Å². The van der Waals surface area contributed by atoms with Gasteiger partial charge in [0.25, 0.3) is 0 Å². The number of hydrogen-bond donors (Lipinski definition) is 1. The van der Waals surface area contributed by atoms with Crippen molar-refractivity contribution in [2.75, 3.05) is 39.2 Å². The van der Waals surface area contributed by atoms with E-state index in [2.05, 4.69) is 15.2 Å². The quantitative estimate of drug-likeness (QED) is 0.686. The number of likely N-dealkylation sites (tertiary alicyclic amines) is 1. The SMILES string of the molecule is COc1ccc(NC(=O)CN2CCC(c3nc4ccccc4o3)CC2)cc1OC. The number of carbonyl (C=O) groups excluding carboxylic acids is 1. The molecule has 1 aliphatic heterocycles. The van der Waals surface area contributed by atoms with Crippen molar-refractivity contribution < 1.29 is 18.7 Å². The zero-order valence-corrected chi connectivity index (χ0v) is 16.7. The fourth-order valence-electron chi connectivity index (χ4n) is 3.72. The number of carbonyl (C=O) groups is 1. The Morgan fingerprint density at radius 3 is 2.62 bits per heavy atom. The summed E-state index contributed by atoms with van der Waals surface area (Å²) in [7, 11) is 3.16.